The highest BCUT2D eigenvalue weighted by atomic mass is 16.4. The Morgan fingerprint density at radius 1 is 1.28 bits per heavy atom. The predicted molar refractivity (Wildman–Crippen MR) is 63.8 cm³/mol. The molecular weight excluding hydrogens is 234 g/mol. The van der Waals surface area contributed by atoms with Crippen molar-refractivity contribution in [2.75, 3.05) is 0 Å². The molecule has 0 atom stereocenters. The van der Waals surface area contributed by atoms with Crippen molar-refractivity contribution in [2.45, 2.75) is 13.2 Å². The van der Waals surface area contributed by atoms with Crippen molar-refractivity contribution in [3.8, 4) is 5.69 Å². The first-order valence-electron chi connectivity index (χ1n) is 5.54. The van der Waals surface area contributed by atoms with Gasteiger partial charge in [-0.25, -0.2) is 9.48 Å². The molecule has 2 heterocycles. The van der Waals surface area contributed by atoms with E-state index in [1.54, 1.807) is 16.8 Å². The number of aromatic carboxylic acids is 1. The average Bonchev–Trinajstić information content (AvgIpc) is 2.88. The lowest BCUT2D eigenvalue weighted by molar-refractivity contribution is 0.0694. The third-order valence-electron chi connectivity index (χ3n) is 3.02. The monoisotopic (exact) mass is 245 g/mol. The maximum absolute atomic E-state index is 12.2. The number of rotatable bonds is 2. The molecular formula is C12H11N3O3. The second kappa shape index (κ2) is 3.85. The van der Waals surface area contributed by atoms with Gasteiger partial charge in [-0.3, -0.25) is 14.8 Å². The van der Waals surface area contributed by atoms with Crippen molar-refractivity contribution in [1.29, 1.82) is 0 Å². The van der Waals surface area contributed by atoms with Crippen molar-refractivity contribution < 1.29 is 9.90 Å². The molecule has 0 saturated carbocycles. The van der Waals surface area contributed by atoms with Crippen molar-refractivity contribution in [3.63, 3.8) is 0 Å². The molecule has 1 aromatic heterocycles. The van der Waals surface area contributed by atoms with Crippen LogP contribution in [0, 0.1) is 0 Å². The molecule has 0 saturated heterocycles. The summed E-state index contributed by atoms with van der Waals surface area (Å²) in [6.07, 6.45) is 0. The van der Waals surface area contributed by atoms with E-state index in [-0.39, 0.29) is 5.56 Å². The predicted octanol–water partition coefficient (Wildman–Crippen LogP) is 0.398. The zero-order valence-electron chi connectivity index (χ0n) is 9.46. The van der Waals surface area contributed by atoms with E-state index in [1.807, 2.05) is 18.2 Å². The van der Waals surface area contributed by atoms with Gasteiger partial charge in [0.15, 0.2) is 0 Å². The quantitative estimate of drug-likeness (QED) is 0.802. The first-order valence-corrected chi connectivity index (χ1v) is 5.54. The molecule has 1 aliphatic rings. The lowest BCUT2D eigenvalue weighted by Crippen LogP contribution is -2.26. The Labute approximate surface area is 102 Å². The van der Waals surface area contributed by atoms with E-state index in [2.05, 4.69) is 5.32 Å². The second-order valence-corrected chi connectivity index (χ2v) is 4.06. The van der Waals surface area contributed by atoms with Crippen molar-refractivity contribution in [3.05, 3.63) is 51.9 Å². The molecule has 6 heteroatoms. The Morgan fingerprint density at radius 3 is 2.67 bits per heavy atom. The Morgan fingerprint density at radius 2 is 2.00 bits per heavy atom. The summed E-state index contributed by atoms with van der Waals surface area (Å²) in [5, 5.41) is 12.2. The highest BCUT2D eigenvalue weighted by Gasteiger charge is 2.28. The van der Waals surface area contributed by atoms with Crippen LogP contribution in [0.1, 0.15) is 16.1 Å². The van der Waals surface area contributed by atoms with Crippen molar-refractivity contribution >= 4 is 5.97 Å². The van der Waals surface area contributed by atoms with Crippen LogP contribution in [0.4, 0.5) is 0 Å². The topological polar surface area (TPSA) is 76.3 Å². The fourth-order valence-corrected chi connectivity index (χ4v) is 2.26. The van der Waals surface area contributed by atoms with Crippen molar-refractivity contribution in [1.82, 2.24) is 14.7 Å². The zero-order valence-corrected chi connectivity index (χ0v) is 9.46. The number of benzene rings is 1. The molecule has 0 bridgehead atoms. The van der Waals surface area contributed by atoms with Crippen LogP contribution in [0.15, 0.2) is 35.1 Å². The molecule has 2 aromatic rings. The van der Waals surface area contributed by atoms with E-state index < -0.39 is 11.5 Å². The maximum atomic E-state index is 12.2. The van der Waals surface area contributed by atoms with Gasteiger partial charge in [0.2, 0.25) is 0 Å². The van der Waals surface area contributed by atoms with Gasteiger partial charge in [0.1, 0.15) is 5.56 Å². The van der Waals surface area contributed by atoms with Gasteiger partial charge in [0.05, 0.1) is 18.1 Å². The number of hydrogen-bond acceptors (Lipinski definition) is 3. The third-order valence-corrected chi connectivity index (χ3v) is 3.02. The van der Waals surface area contributed by atoms with Gasteiger partial charge in [-0.2, -0.15) is 0 Å². The molecule has 18 heavy (non-hydrogen) atoms. The smallest absolute Gasteiger partial charge is 0.343 e. The second-order valence-electron chi connectivity index (χ2n) is 4.06. The van der Waals surface area contributed by atoms with E-state index in [9.17, 15) is 9.59 Å². The molecule has 2 N–H and O–H groups in total. The standard InChI is InChI=1S/C12H11N3O3/c16-11-10(12(17)18)9-6-13-7-14(9)15(11)8-4-2-1-3-5-8/h1-5,13H,6-7H2,(H,17,18). The van der Waals surface area contributed by atoms with Crippen LogP contribution in [0.25, 0.3) is 5.69 Å². The fourth-order valence-electron chi connectivity index (χ4n) is 2.26. The molecule has 0 aliphatic carbocycles. The normalized spacial score (nSPS) is 13.6. The number of hydrogen-bond donors (Lipinski definition) is 2. The molecule has 6 nitrogen and oxygen atoms in total. The van der Waals surface area contributed by atoms with Crippen LogP contribution < -0.4 is 10.9 Å². The van der Waals surface area contributed by atoms with Gasteiger partial charge < -0.3 is 5.11 Å². The molecule has 0 radical (unpaired) electrons. The summed E-state index contributed by atoms with van der Waals surface area (Å²) < 4.78 is 3.07. The molecule has 0 spiro atoms. The molecule has 1 aliphatic heterocycles. The number of para-hydroxylation sites is 1. The van der Waals surface area contributed by atoms with Gasteiger partial charge in [0, 0.05) is 6.54 Å². The highest BCUT2D eigenvalue weighted by Crippen LogP contribution is 2.15. The molecule has 0 unspecified atom stereocenters. The minimum absolute atomic E-state index is 0.149. The van der Waals surface area contributed by atoms with Crippen LogP contribution in [0.3, 0.4) is 0 Å². The Kier molecular flexibility index (Phi) is 2.31. The molecule has 3 rings (SSSR count). The van der Waals surface area contributed by atoms with Gasteiger partial charge in [-0.05, 0) is 12.1 Å². The van der Waals surface area contributed by atoms with Crippen LogP contribution in [0.2, 0.25) is 0 Å². The first-order chi connectivity index (χ1) is 8.70. The summed E-state index contributed by atoms with van der Waals surface area (Å²) in [5.74, 6) is -1.18. The number of carboxylic acids is 1. The van der Waals surface area contributed by atoms with Gasteiger partial charge in [-0.15, -0.1) is 0 Å². The average molecular weight is 245 g/mol. The maximum Gasteiger partial charge on any atom is 0.343 e. The Bertz CT molecular complexity index is 670. The van der Waals surface area contributed by atoms with E-state index in [4.69, 9.17) is 5.11 Å². The van der Waals surface area contributed by atoms with E-state index >= 15 is 0 Å². The van der Waals surface area contributed by atoms with Gasteiger partial charge >= 0.3 is 5.97 Å². The molecule has 0 fully saturated rings. The van der Waals surface area contributed by atoms with E-state index in [0.717, 1.165) is 0 Å². The lowest BCUT2D eigenvalue weighted by atomic mass is 10.2. The summed E-state index contributed by atoms with van der Waals surface area (Å²) >= 11 is 0. The molecule has 0 amide bonds. The summed E-state index contributed by atoms with van der Waals surface area (Å²) in [6, 6.07) is 9.02. The highest BCUT2D eigenvalue weighted by molar-refractivity contribution is 5.88. The first kappa shape index (κ1) is 10.8. The number of nitrogens with one attached hydrogen (secondary N) is 1. The largest absolute Gasteiger partial charge is 0.477 e. The number of carboxylic acid groups (broad SMARTS) is 1. The van der Waals surface area contributed by atoms with Gasteiger partial charge in [0.25, 0.3) is 5.56 Å². The van der Waals surface area contributed by atoms with Gasteiger partial charge in [-0.1, -0.05) is 18.2 Å². The molecule has 92 valence electrons. The number of carbonyl (C=O) groups is 1. The zero-order chi connectivity index (χ0) is 12.7. The minimum Gasteiger partial charge on any atom is -0.477 e. The third kappa shape index (κ3) is 1.39. The minimum atomic E-state index is -1.18. The van der Waals surface area contributed by atoms with E-state index in [0.29, 0.717) is 24.6 Å². The Balaban J connectivity index is 2.32. The van der Waals surface area contributed by atoms with Crippen LogP contribution in [-0.2, 0) is 13.2 Å². The van der Waals surface area contributed by atoms with Crippen LogP contribution in [-0.4, -0.2) is 20.4 Å². The SMILES string of the molecule is O=C(O)c1c2n(n(-c3ccccc3)c1=O)CNC2. The fraction of sp³-hybridized carbons (Fsp3) is 0.167. The number of nitrogens with zero attached hydrogens (tertiary/aromatic N) is 2. The van der Waals surface area contributed by atoms with Crippen molar-refractivity contribution in [2.24, 2.45) is 0 Å². The lowest BCUT2D eigenvalue weighted by Gasteiger charge is -2.08. The van der Waals surface area contributed by atoms with Crippen LogP contribution >= 0.6 is 0 Å². The number of aromatic nitrogens is 2. The summed E-state index contributed by atoms with van der Waals surface area (Å²) in [4.78, 5) is 23.4. The number of fused-ring (bicyclic) bond motifs is 1. The Hall–Kier alpha value is -2.34. The molecule has 1 aromatic carbocycles. The van der Waals surface area contributed by atoms with Crippen LogP contribution in [0.5, 0.6) is 0 Å². The summed E-state index contributed by atoms with van der Waals surface area (Å²) in [6.45, 7) is 0.837. The summed E-state index contributed by atoms with van der Waals surface area (Å²) in [7, 11) is 0. The summed E-state index contributed by atoms with van der Waals surface area (Å²) in [5.41, 5.74) is 0.561. The van der Waals surface area contributed by atoms with E-state index in [1.165, 1.54) is 4.68 Å².